The Morgan fingerprint density at radius 1 is 1.40 bits per heavy atom. The van der Waals surface area contributed by atoms with Crippen molar-refractivity contribution in [1.29, 1.82) is 0 Å². The number of sulfonamides is 1. The molecule has 0 aromatic rings. The smallest absolute Gasteiger partial charge is 0.211 e. The molecule has 1 rings (SSSR count). The molecule has 0 spiro atoms. The lowest BCUT2D eigenvalue weighted by molar-refractivity contribution is 0.543. The molecule has 1 fully saturated rings. The number of unbranched alkanes of at least 4 members (excludes halogenated alkanes) is 1. The van der Waals surface area contributed by atoms with Crippen LogP contribution in [0.5, 0.6) is 0 Å². The van der Waals surface area contributed by atoms with Crippen LogP contribution in [0.4, 0.5) is 0 Å². The van der Waals surface area contributed by atoms with Crippen LogP contribution >= 0.6 is 11.8 Å². The van der Waals surface area contributed by atoms with Gasteiger partial charge < -0.3 is 5.73 Å². The first-order chi connectivity index (χ1) is 7.14. The zero-order valence-electron chi connectivity index (χ0n) is 8.94. The first-order valence-electron chi connectivity index (χ1n) is 5.39. The minimum Gasteiger partial charge on any atom is -0.330 e. The van der Waals surface area contributed by atoms with Gasteiger partial charge in [0.1, 0.15) is 0 Å². The van der Waals surface area contributed by atoms with E-state index in [1.54, 1.807) is 0 Å². The van der Waals surface area contributed by atoms with Crippen LogP contribution in [0.25, 0.3) is 0 Å². The molecule has 1 heterocycles. The lowest BCUT2D eigenvalue weighted by Crippen LogP contribution is -2.31. The van der Waals surface area contributed by atoms with Crippen LogP contribution < -0.4 is 10.5 Å². The van der Waals surface area contributed by atoms with Crippen molar-refractivity contribution in [3.05, 3.63) is 0 Å². The van der Waals surface area contributed by atoms with Crippen LogP contribution in [0.15, 0.2) is 0 Å². The molecule has 1 aliphatic rings. The van der Waals surface area contributed by atoms with E-state index in [0.717, 1.165) is 18.6 Å². The molecule has 0 amide bonds. The monoisotopic (exact) mass is 252 g/mol. The van der Waals surface area contributed by atoms with Crippen LogP contribution in [0.2, 0.25) is 0 Å². The Hall–Kier alpha value is 0.220. The largest absolute Gasteiger partial charge is 0.330 e. The van der Waals surface area contributed by atoms with E-state index in [0.29, 0.717) is 25.4 Å². The van der Waals surface area contributed by atoms with Crippen molar-refractivity contribution in [2.75, 3.05) is 30.3 Å². The molecular formula is C9H20N2O2S2. The maximum Gasteiger partial charge on any atom is 0.211 e. The minimum atomic E-state index is -3.06. The van der Waals surface area contributed by atoms with E-state index in [4.69, 9.17) is 5.73 Å². The summed E-state index contributed by atoms with van der Waals surface area (Å²) in [6, 6.07) is 0. The van der Waals surface area contributed by atoms with Crippen LogP contribution in [0.1, 0.15) is 19.3 Å². The van der Waals surface area contributed by atoms with E-state index in [9.17, 15) is 8.42 Å². The summed E-state index contributed by atoms with van der Waals surface area (Å²) < 4.78 is 25.7. The lowest BCUT2D eigenvalue weighted by Gasteiger charge is -2.10. The summed E-state index contributed by atoms with van der Waals surface area (Å²) >= 11 is 1.90. The number of hydrogen-bond donors (Lipinski definition) is 2. The maximum atomic E-state index is 11.5. The molecule has 0 radical (unpaired) electrons. The normalized spacial score (nSPS) is 22.1. The van der Waals surface area contributed by atoms with Crippen LogP contribution in [0, 0.1) is 5.92 Å². The van der Waals surface area contributed by atoms with E-state index in [1.807, 2.05) is 11.8 Å². The number of thioether (sulfide) groups is 1. The quantitative estimate of drug-likeness (QED) is 0.643. The molecule has 0 bridgehead atoms. The summed E-state index contributed by atoms with van der Waals surface area (Å²) in [4.78, 5) is 0. The van der Waals surface area contributed by atoms with Crippen molar-refractivity contribution in [2.45, 2.75) is 19.3 Å². The predicted molar refractivity (Wildman–Crippen MR) is 65.5 cm³/mol. The molecule has 0 aromatic carbocycles. The van der Waals surface area contributed by atoms with Gasteiger partial charge in [-0.15, -0.1) is 0 Å². The standard InChI is InChI=1S/C9H20N2O2S2/c10-4-1-2-6-15(12,13)11-7-9-3-5-14-8-9/h9,11H,1-8,10H2. The Balaban J connectivity index is 2.17. The molecular weight excluding hydrogens is 232 g/mol. The van der Waals surface area contributed by atoms with Gasteiger partial charge in [0.05, 0.1) is 5.75 Å². The first kappa shape index (κ1) is 13.3. The highest BCUT2D eigenvalue weighted by atomic mass is 32.2. The lowest BCUT2D eigenvalue weighted by atomic mass is 10.1. The second-order valence-corrected chi connectivity index (χ2v) is 6.97. The molecule has 4 nitrogen and oxygen atoms in total. The van der Waals surface area contributed by atoms with E-state index in [2.05, 4.69) is 4.72 Å². The average molecular weight is 252 g/mol. The van der Waals surface area contributed by atoms with Crippen molar-refractivity contribution in [3.63, 3.8) is 0 Å². The van der Waals surface area contributed by atoms with Gasteiger partial charge in [0.2, 0.25) is 10.0 Å². The Labute approximate surface area is 96.4 Å². The molecule has 0 saturated carbocycles. The molecule has 3 N–H and O–H groups in total. The van der Waals surface area contributed by atoms with Crippen molar-refractivity contribution in [3.8, 4) is 0 Å². The van der Waals surface area contributed by atoms with E-state index >= 15 is 0 Å². The van der Waals surface area contributed by atoms with Gasteiger partial charge in [0.25, 0.3) is 0 Å². The number of nitrogens with two attached hydrogens (primary N) is 1. The van der Waals surface area contributed by atoms with Crippen molar-refractivity contribution < 1.29 is 8.42 Å². The summed E-state index contributed by atoms with van der Waals surface area (Å²) in [6.45, 7) is 1.17. The number of hydrogen-bond acceptors (Lipinski definition) is 4. The van der Waals surface area contributed by atoms with Crippen molar-refractivity contribution in [1.82, 2.24) is 4.72 Å². The minimum absolute atomic E-state index is 0.212. The van der Waals surface area contributed by atoms with Gasteiger partial charge in [0, 0.05) is 6.54 Å². The van der Waals surface area contributed by atoms with Gasteiger partial charge in [-0.1, -0.05) is 0 Å². The molecule has 6 heteroatoms. The second kappa shape index (κ2) is 6.73. The van der Waals surface area contributed by atoms with Crippen LogP contribution in [0.3, 0.4) is 0 Å². The summed E-state index contributed by atoms with van der Waals surface area (Å²) in [7, 11) is -3.06. The number of nitrogens with one attached hydrogen (secondary N) is 1. The van der Waals surface area contributed by atoms with Gasteiger partial charge in [-0.2, -0.15) is 11.8 Å². The van der Waals surface area contributed by atoms with Gasteiger partial charge in [-0.05, 0) is 43.2 Å². The number of rotatable bonds is 7. The third-order valence-electron chi connectivity index (χ3n) is 2.48. The summed E-state index contributed by atoms with van der Waals surface area (Å²) in [5, 5.41) is 0. The van der Waals surface area contributed by atoms with Gasteiger partial charge in [-0.3, -0.25) is 0 Å². The molecule has 15 heavy (non-hydrogen) atoms. The van der Waals surface area contributed by atoms with Gasteiger partial charge >= 0.3 is 0 Å². The van der Waals surface area contributed by atoms with E-state index < -0.39 is 10.0 Å². The SMILES string of the molecule is NCCCCS(=O)(=O)NCC1CCSC1. The highest BCUT2D eigenvalue weighted by Crippen LogP contribution is 2.22. The first-order valence-corrected chi connectivity index (χ1v) is 8.20. The van der Waals surface area contributed by atoms with Crippen LogP contribution in [-0.2, 0) is 10.0 Å². The van der Waals surface area contributed by atoms with Crippen LogP contribution in [-0.4, -0.2) is 38.8 Å². The van der Waals surface area contributed by atoms with Gasteiger partial charge in [0.15, 0.2) is 0 Å². The van der Waals surface area contributed by atoms with Crippen molar-refractivity contribution >= 4 is 21.8 Å². The molecule has 1 atom stereocenters. The third kappa shape index (κ3) is 5.75. The Morgan fingerprint density at radius 2 is 2.20 bits per heavy atom. The highest BCUT2D eigenvalue weighted by molar-refractivity contribution is 7.99. The van der Waals surface area contributed by atoms with E-state index in [1.165, 1.54) is 5.75 Å². The highest BCUT2D eigenvalue weighted by Gasteiger charge is 2.18. The molecule has 1 unspecified atom stereocenters. The average Bonchev–Trinajstić information content (AvgIpc) is 2.68. The second-order valence-electron chi connectivity index (χ2n) is 3.89. The Morgan fingerprint density at radius 3 is 2.80 bits per heavy atom. The Kier molecular flexibility index (Phi) is 5.96. The van der Waals surface area contributed by atoms with Crippen molar-refractivity contribution in [2.24, 2.45) is 11.7 Å². The summed E-state index contributed by atoms with van der Waals surface area (Å²) in [5.74, 6) is 2.99. The van der Waals surface area contributed by atoms with Gasteiger partial charge in [-0.25, -0.2) is 13.1 Å². The zero-order chi connectivity index (χ0) is 11.1. The summed E-state index contributed by atoms with van der Waals surface area (Å²) in [5.41, 5.74) is 5.31. The zero-order valence-corrected chi connectivity index (χ0v) is 10.6. The molecule has 1 aliphatic heterocycles. The van der Waals surface area contributed by atoms with E-state index in [-0.39, 0.29) is 5.75 Å². The Bertz CT molecular complexity index is 261. The molecule has 0 aliphatic carbocycles. The fourth-order valence-electron chi connectivity index (χ4n) is 1.50. The topological polar surface area (TPSA) is 72.2 Å². The maximum absolute atomic E-state index is 11.5. The fraction of sp³-hybridized carbons (Fsp3) is 1.00. The fourth-order valence-corrected chi connectivity index (χ4v) is 4.00. The summed E-state index contributed by atoms with van der Waals surface area (Å²) in [6.07, 6.45) is 2.57. The third-order valence-corrected chi connectivity index (χ3v) is 5.15. The molecule has 0 aromatic heterocycles. The predicted octanol–water partition coefficient (Wildman–Crippen LogP) is 0.398. The molecule has 90 valence electrons. The molecule has 1 saturated heterocycles.